The Bertz CT molecular complexity index is 551. The van der Waals surface area contributed by atoms with E-state index in [0.29, 0.717) is 21.7 Å². The van der Waals surface area contributed by atoms with Gasteiger partial charge in [0.15, 0.2) is 5.82 Å². The minimum absolute atomic E-state index is 0.314. The molecule has 0 amide bonds. The number of hydrogen-bond acceptors (Lipinski definition) is 4. The van der Waals surface area contributed by atoms with Crippen LogP contribution in [0.4, 0.5) is 10.3 Å². The molecule has 2 aromatic rings. The highest BCUT2D eigenvalue weighted by Crippen LogP contribution is 2.27. The van der Waals surface area contributed by atoms with E-state index in [1.54, 1.807) is 7.05 Å². The number of nitrogens with zero attached hydrogens (tertiary/aromatic N) is 2. The van der Waals surface area contributed by atoms with Gasteiger partial charge in [-0.15, -0.1) is 0 Å². The molecule has 0 fully saturated rings. The van der Waals surface area contributed by atoms with Gasteiger partial charge in [-0.25, -0.2) is 14.4 Å². The van der Waals surface area contributed by atoms with Crippen LogP contribution in [0.2, 0.25) is 5.02 Å². The molecule has 94 valence electrons. The zero-order valence-electron chi connectivity index (χ0n) is 9.65. The summed E-state index contributed by atoms with van der Waals surface area (Å²) in [5.74, 6) is 0.542. The summed E-state index contributed by atoms with van der Waals surface area (Å²) in [6.45, 7) is 0. The molecule has 6 heteroatoms. The van der Waals surface area contributed by atoms with Crippen LogP contribution in [0.5, 0.6) is 0 Å². The highest BCUT2D eigenvalue weighted by molar-refractivity contribution is 7.98. The maximum absolute atomic E-state index is 13.5. The van der Waals surface area contributed by atoms with Crippen LogP contribution in [0.25, 0.3) is 0 Å². The predicted molar refractivity (Wildman–Crippen MR) is 72.5 cm³/mol. The van der Waals surface area contributed by atoms with Gasteiger partial charge in [0.05, 0.1) is 6.20 Å². The van der Waals surface area contributed by atoms with E-state index < -0.39 is 5.82 Å². The first-order valence-corrected chi connectivity index (χ1v) is 6.63. The highest BCUT2D eigenvalue weighted by Gasteiger charge is 2.08. The lowest BCUT2D eigenvalue weighted by Gasteiger charge is -2.05. The fourth-order valence-corrected chi connectivity index (χ4v) is 2.50. The molecule has 0 aliphatic rings. The number of rotatable bonds is 4. The van der Waals surface area contributed by atoms with Gasteiger partial charge in [-0.05, 0) is 11.6 Å². The first kappa shape index (κ1) is 13.1. The number of thioether (sulfide) groups is 1. The average Bonchev–Trinajstić information content (AvgIpc) is 2.39. The molecule has 1 heterocycles. The summed E-state index contributed by atoms with van der Waals surface area (Å²) >= 11 is 7.33. The van der Waals surface area contributed by atoms with Gasteiger partial charge in [-0.2, -0.15) is 0 Å². The zero-order valence-corrected chi connectivity index (χ0v) is 11.2. The molecule has 2 rings (SSSR count). The molecule has 0 saturated heterocycles. The minimum Gasteiger partial charge on any atom is -0.357 e. The van der Waals surface area contributed by atoms with Crippen LogP contribution >= 0.6 is 23.4 Å². The molecule has 0 atom stereocenters. The number of halogens is 2. The second-order valence-corrected chi connectivity index (χ2v) is 4.85. The van der Waals surface area contributed by atoms with Crippen molar-refractivity contribution in [2.24, 2.45) is 0 Å². The Morgan fingerprint density at radius 3 is 2.89 bits per heavy atom. The van der Waals surface area contributed by atoms with Gasteiger partial charge in [-0.1, -0.05) is 41.6 Å². The minimum atomic E-state index is -0.425. The van der Waals surface area contributed by atoms with E-state index in [1.165, 1.54) is 11.8 Å². The van der Waals surface area contributed by atoms with Gasteiger partial charge in [0.1, 0.15) is 5.03 Å². The van der Waals surface area contributed by atoms with Crippen LogP contribution in [0.1, 0.15) is 5.56 Å². The van der Waals surface area contributed by atoms with E-state index in [1.807, 2.05) is 24.3 Å². The highest BCUT2D eigenvalue weighted by atomic mass is 35.5. The lowest BCUT2D eigenvalue weighted by molar-refractivity contribution is 0.580. The smallest absolute Gasteiger partial charge is 0.223 e. The maximum Gasteiger partial charge on any atom is 0.223 e. The first-order valence-electron chi connectivity index (χ1n) is 5.27. The second-order valence-electron chi connectivity index (χ2n) is 3.48. The fraction of sp³-hybridized carbons (Fsp3) is 0.167. The summed E-state index contributed by atoms with van der Waals surface area (Å²) in [7, 11) is 1.69. The van der Waals surface area contributed by atoms with Crippen LogP contribution in [0.3, 0.4) is 0 Å². The molecular weight excluding hydrogens is 273 g/mol. The van der Waals surface area contributed by atoms with Crippen molar-refractivity contribution < 1.29 is 4.39 Å². The Balaban J connectivity index is 2.13. The molecule has 1 aromatic carbocycles. The van der Waals surface area contributed by atoms with E-state index in [4.69, 9.17) is 11.6 Å². The lowest BCUT2D eigenvalue weighted by Crippen LogP contribution is -1.99. The third-order valence-corrected chi connectivity index (χ3v) is 3.64. The fourth-order valence-electron chi connectivity index (χ4n) is 1.33. The van der Waals surface area contributed by atoms with Gasteiger partial charge < -0.3 is 5.32 Å². The van der Waals surface area contributed by atoms with E-state index in [9.17, 15) is 4.39 Å². The largest absolute Gasteiger partial charge is 0.357 e. The number of hydrogen-bond donors (Lipinski definition) is 1. The first-order chi connectivity index (χ1) is 8.70. The van der Waals surface area contributed by atoms with Gasteiger partial charge in [0, 0.05) is 17.8 Å². The molecule has 0 aliphatic heterocycles. The van der Waals surface area contributed by atoms with Crippen molar-refractivity contribution >= 4 is 29.3 Å². The molecule has 1 aromatic heterocycles. The summed E-state index contributed by atoms with van der Waals surface area (Å²) < 4.78 is 13.5. The van der Waals surface area contributed by atoms with E-state index in [-0.39, 0.29) is 0 Å². The van der Waals surface area contributed by atoms with Crippen molar-refractivity contribution in [3.8, 4) is 0 Å². The Morgan fingerprint density at radius 1 is 1.39 bits per heavy atom. The summed E-state index contributed by atoms with van der Waals surface area (Å²) in [5.41, 5.74) is 0.952. The molecule has 0 saturated carbocycles. The van der Waals surface area contributed by atoms with E-state index in [2.05, 4.69) is 15.3 Å². The Labute approximate surface area is 114 Å². The summed E-state index contributed by atoms with van der Waals surface area (Å²) in [4.78, 5) is 7.85. The van der Waals surface area contributed by atoms with Gasteiger partial charge in [-0.3, -0.25) is 0 Å². The topological polar surface area (TPSA) is 37.8 Å². The molecule has 0 bridgehead atoms. The van der Waals surface area contributed by atoms with Gasteiger partial charge in [0.25, 0.3) is 0 Å². The number of benzene rings is 1. The van der Waals surface area contributed by atoms with Crippen LogP contribution < -0.4 is 5.32 Å². The van der Waals surface area contributed by atoms with Crippen molar-refractivity contribution in [3.63, 3.8) is 0 Å². The van der Waals surface area contributed by atoms with Gasteiger partial charge in [0.2, 0.25) is 5.95 Å². The molecule has 0 unspecified atom stereocenters. The lowest BCUT2D eigenvalue weighted by atomic mass is 10.2. The van der Waals surface area contributed by atoms with Gasteiger partial charge >= 0.3 is 0 Å². The normalized spacial score (nSPS) is 10.4. The van der Waals surface area contributed by atoms with E-state index >= 15 is 0 Å². The third-order valence-electron chi connectivity index (χ3n) is 2.26. The quantitative estimate of drug-likeness (QED) is 0.687. The summed E-state index contributed by atoms with van der Waals surface area (Å²) in [5, 5.41) is 3.76. The third kappa shape index (κ3) is 3.11. The monoisotopic (exact) mass is 283 g/mol. The van der Waals surface area contributed by atoms with Crippen molar-refractivity contribution in [2.75, 3.05) is 12.4 Å². The SMILES string of the molecule is CNc1ncc(F)c(SCc2ccccc2Cl)n1. The molecule has 18 heavy (non-hydrogen) atoms. The zero-order chi connectivity index (χ0) is 13.0. The average molecular weight is 284 g/mol. The Morgan fingerprint density at radius 2 is 2.17 bits per heavy atom. The number of anilines is 1. The van der Waals surface area contributed by atoms with Crippen molar-refractivity contribution in [1.82, 2.24) is 9.97 Å². The molecule has 0 spiro atoms. The van der Waals surface area contributed by atoms with Crippen LogP contribution in [0, 0.1) is 5.82 Å². The molecular formula is C12H11ClFN3S. The number of nitrogens with one attached hydrogen (secondary N) is 1. The molecule has 0 radical (unpaired) electrons. The van der Waals surface area contributed by atoms with Crippen molar-refractivity contribution in [2.45, 2.75) is 10.8 Å². The molecule has 0 aliphatic carbocycles. The van der Waals surface area contributed by atoms with E-state index in [0.717, 1.165) is 11.8 Å². The predicted octanol–water partition coefficient (Wildman–Crippen LogP) is 3.60. The maximum atomic E-state index is 13.5. The summed E-state index contributed by atoms with van der Waals surface area (Å²) in [6.07, 6.45) is 1.16. The second kappa shape index (κ2) is 6.02. The van der Waals surface area contributed by atoms with Crippen LogP contribution in [-0.4, -0.2) is 17.0 Å². The van der Waals surface area contributed by atoms with Crippen molar-refractivity contribution in [1.29, 1.82) is 0 Å². The van der Waals surface area contributed by atoms with Crippen LogP contribution in [0.15, 0.2) is 35.5 Å². The van der Waals surface area contributed by atoms with Crippen LogP contribution in [-0.2, 0) is 5.75 Å². The number of aromatic nitrogens is 2. The Kier molecular flexibility index (Phi) is 4.38. The Hall–Kier alpha value is -1.33. The standard InChI is InChI=1S/C12H11ClFN3S/c1-15-12-16-6-10(14)11(17-12)18-7-8-4-2-3-5-9(8)13/h2-6H,7H2,1H3,(H,15,16,17). The molecule has 1 N–H and O–H groups in total. The van der Waals surface area contributed by atoms with Crippen molar-refractivity contribution in [3.05, 3.63) is 46.9 Å². The summed E-state index contributed by atoms with van der Waals surface area (Å²) in [6, 6.07) is 7.48. The molecule has 3 nitrogen and oxygen atoms in total.